The maximum atomic E-state index is 10.4. The SMILES string of the molecule is OC[C@H]1C[C@@H](Nc2nc(NC3CC3)ncc2-c2nc3ccncc3s2)[C@H](O)[C@@H]1O. The predicted molar refractivity (Wildman–Crippen MR) is 110 cm³/mol. The third-order valence-corrected chi connectivity index (χ3v) is 6.52. The zero-order valence-corrected chi connectivity index (χ0v) is 16.4. The lowest BCUT2D eigenvalue weighted by atomic mass is 10.1. The van der Waals surface area contributed by atoms with E-state index in [-0.39, 0.29) is 12.5 Å². The molecule has 152 valence electrons. The zero-order valence-electron chi connectivity index (χ0n) is 15.6. The minimum atomic E-state index is -0.991. The van der Waals surface area contributed by atoms with Crippen molar-refractivity contribution in [2.75, 3.05) is 17.2 Å². The number of nitrogens with one attached hydrogen (secondary N) is 2. The van der Waals surface area contributed by atoms with Crippen LogP contribution in [-0.4, -0.2) is 66.2 Å². The molecule has 10 heteroatoms. The first-order chi connectivity index (χ1) is 14.1. The molecule has 4 atom stereocenters. The molecule has 0 saturated heterocycles. The highest BCUT2D eigenvalue weighted by atomic mass is 32.1. The molecule has 5 N–H and O–H groups in total. The Balaban J connectivity index is 1.50. The minimum absolute atomic E-state index is 0.174. The van der Waals surface area contributed by atoms with Gasteiger partial charge < -0.3 is 26.0 Å². The van der Waals surface area contributed by atoms with E-state index in [1.165, 1.54) is 11.3 Å². The Morgan fingerprint density at radius 2 is 1.97 bits per heavy atom. The van der Waals surface area contributed by atoms with Crippen molar-refractivity contribution in [3.63, 3.8) is 0 Å². The molecule has 2 saturated carbocycles. The smallest absolute Gasteiger partial charge is 0.224 e. The summed E-state index contributed by atoms with van der Waals surface area (Å²) >= 11 is 1.50. The molecule has 3 aromatic rings. The lowest BCUT2D eigenvalue weighted by Crippen LogP contribution is -2.35. The summed E-state index contributed by atoms with van der Waals surface area (Å²) in [6, 6.07) is 1.83. The van der Waals surface area contributed by atoms with E-state index >= 15 is 0 Å². The number of hydrogen-bond donors (Lipinski definition) is 5. The summed E-state index contributed by atoms with van der Waals surface area (Å²) in [7, 11) is 0. The lowest BCUT2D eigenvalue weighted by molar-refractivity contribution is 0.00446. The number of rotatable bonds is 6. The van der Waals surface area contributed by atoms with Crippen molar-refractivity contribution in [1.29, 1.82) is 0 Å². The maximum Gasteiger partial charge on any atom is 0.224 e. The highest BCUT2D eigenvalue weighted by Crippen LogP contribution is 2.36. The topological polar surface area (TPSA) is 136 Å². The highest BCUT2D eigenvalue weighted by molar-refractivity contribution is 7.21. The van der Waals surface area contributed by atoms with Crippen LogP contribution in [-0.2, 0) is 0 Å². The normalized spacial score (nSPS) is 26.7. The summed E-state index contributed by atoms with van der Waals surface area (Å²) in [6.07, 6.45) is 5.89. The molecule has 9 nitrogen and oxygen atoms in total. The van der Waals surface area contributed by atoms with Crippen molar-refractivity contribution >= 4 is 33.3 Å². The van der Waals surface area contributed by atoms with Crippen LogP contribution in [0.25, 0.3) is 20.8 Å². The van der Waals surface area contributed by atoms with Gasteiger partial charge in [-0.25, -0.2) is 9.97 Å². The molecule has 3 heterocycles. The van der Waals surface area contributed by atoms with Crippen LogP contribution in [0.15, 0.2) is 24.7 Å². The van der Waals surface area contributed by atoms with Gasteiger partial charge in [-0.15, -0.1) is 11.3 Å². The Labute approximate surface area is 170 Å². The van der Waals surface area contributed by atoms with Crippen LogP contribution >= 0.6 is 11.3 Å². The van der Waals surface area contributed by atoms with Gasteiger partial charge in [0.1, 0.15) is 16.9 Å². The van der Waals surface area contributed by atoms with Gasteiger partial charge >= 0.3 is 0 Å². The zero-order chi connectivity index (χ0) is 20.0. The highest BCUT2D eigenvalue weighted by Gasteiger charge is 2.41. The van der Waals surface area contributed by atoms with Gasteiger partial charge in [-0.3, -0.25) is 4.98 Å². The molecule has 3 aromatic heterocycles. The molecule has 0 unspecified atom stereocenters. The molecule has 5 rings (SSSR count). The quantitative estimate of drug-likeness (QED) is 0.403. The van der Waals surface area contributed by atoms with E-state index in [1.54, 1.807) is 18.6 Å². The monoisotopic (exact) mass is 414 g/mol. The van der Waals surface area contributed by atoms with Gasteiger partial charge in [0.25, 0.3) is 0 Å². The summed E-state index contributed by atoms with van der Waals surface area (Å²) in [4.78, 5) is 17.9. The van der Waals surface area contributed by atoms with Crippen LogP contribution in [0.3, 0.4) is 0 Å². The number of hydrogen-bond acceptors (Lipinski definition) is 10. The van der Waals surface area contributed by atoms with Crippen molar-refractivity contribution in [3.8, 4) is 10.6 Å². The Kier molecular flexibility index (Phi) is 4.78. The molecule has 0 spiro atoms. The third-order valence-electron chi connectivity index (χ3n) is 5.48. The van der Waals surface area contributed by atoms with Crippen molar-refractivity contribution in [2.45, 2.75) is 43.6 Å². The van der Waals surface area contributed by atoms with Crippen LogP contribution in [0.4, 0.5) is 11.8 Å². The minimum Gasteiger partial charge on any atom is -0.396 e. The van der Waals surface area contributed by atoms with Crippen LogP contribution in [0.2, 0.25) is 0 Å². The van der Waals surface area contributed by atoms with Gasteiger partial charge in [-0.1, -0.05) is 0 Å². The van der Waals surface area contributed by atoms with Gasteiger partial charge in [-0.2, -0.15) is 4.98 Å². The first-order valence-electron chi connectivity index (χ1n) is 9.70. The summed E-state index contributed by atoms with van der Waals surface area (Å²) in [6.45, 7) is -0.174. The van der Waals surface area contributed by atoms with E-state index in [1.807, 2.05) is 6.07 Å². The van der Waals surface area contributed by atoms with Gasteiger partial charge in [0, 0.05) is 37.2 Å². The van der Waals surface area contributed by atoms with Gasteiger partial charge in [0.2, 0.25) is 5.95 Å². The number of aliphatic hydroxyl groups is 3. The van der Waals surface area contributed by atoms with Crippen LogP contribution in [0, 0.1) is 5.92 Å². The standard InChI is InChI=1S/C19H22N6O3S/c26-8-9-5-13(16(28)15(9)27)23-17-11(6-21-19(25-17)22-10-1-2-10)18-24-12-3-4-20-7-14(12)29-18/h3-4,6-7,9-10,13,15-16,26-28H,1-2,5,8H2,(H2,21,22,23,25)/t9-,13-,15-,16+/m1/s1. The van der Waals surface area contributed by atoms with Crippen molar-refractivity contribution < 1.29 is 15.3 Å². The van der Waals surface area contributed by atoms with Gasteiger partial charge in [0.05, 0.1) is 27.9 Å². The Morgan fingerprint density at radius 3 is 2.69 bits per heavy atom. The first kappa shape index (κ1) is 18.6. The average Bonchev–Trinajstić information content (AvgIpc) is 3.37. The fourth-order valence-corrected chi connectivity index (χ4v) is 4.59. The number of aliphatic hydroxyl groups excluding tert-OH is 3. The van der Waals surface area contributed by atoms with Gasteiger partial charge in [-0.05, 0) is 25.3 Å². The number of fused-ring (bicyclic) bond motifs is 1. The molecule has 2 fully saturated rings. The van der Waals surface area contributed by atoms with Crippen LogP contribution in [0.1, 0.15) is 19.3 Å². The molecular formula is C19H22N6O3S. The molecule has 0 amide bonds. The van der Waals surface area contributed by atoms with Crippen LogP contribution in [0.5, 0.6) is 0 Å². The third kappa shape index (κ3) is 3.64. The number of aromatic nitrogens is 4. The molecule has 0 bridgehead atoms. The van der Waals surface area contributed by atoms with E-state index in [4.69, 9.17) is 0 Å². The van der Waals surface area contributed by atoms with Crippen molar-refractivity contribution in [2.24, 2.45) is 5.92 Å². The largest absolute Gasteiger partial charge is 0.396 e. The predicted octanol–water partition coefficient (Wildman–Crippen LogP) is 1.24. The summed E-state index contributed by atoms with van der Waals surface area (Å²) in [5, 5.41) is 37.3. The van der Waals surface area contributed by atoms with Gasteiger partial charge in [0.15, 0.2) is 0 Å². The molecule has 0 aliphatic heterocycles. The fraction of sp³-hybridized carbons (Fsp3) is 0.474. The van der Waals surface area contributed by atoms with E-state index in [9.17, 15) is 15.3 Å². The molecule has 29 heavy (non-hydrogen) atoms. The fourth-order valence-electron chi connectivity index (χ4n) is 3.65. The maximum absolute atomic E-state index is 10.4. The number of thiazole rings is 1. The Bertz CT molecular complexity index is 993. The first-order valence-corrected chi connectivity index (χ1v) is 10.5. The summed E-state index contributed by atoms with van der Waals surface area (Å²) in [5.41, 5.74) is 1.57. The van der Waals surface area contributed by atoms with E-state index in [0.29, 0.717) is 24.2 Å². The van der Waals surface area contributed by atoms with E-state index < -0.39 is 18.2 Å². The lowest BCUT2D eigenvalue weighted by Gasteiger charge is -2.20. The summed E-state index contributed by atoms with van der Waals surface area (Å²) < 4.78 is 0.963. The molecular weight excluding hydrogens is 392 g/mol. The number of nitrogens with zero attached hydrogens (tertiary/aromatic N) is 4. The second-order valence-corrected chi connectivity index (χ2v) is 8.68. The van der Waals surface area contributed by atoms with E-state index in [2.05, 4.69) is 30.6 Å². The molecule has 2 aliphatic carbocycles. The second-order valence-electron chi connectivity index (χ2n) is 7.65. The summed E-state index contributed by atoms with van der Waals surface area (Å²) in [5.74, 6) is 0.698. The van der Waals surface area contributed by atoms with Crippen molar-refractivity contribution in [1.82, 2.24) is 19.9 Å². The molecule has 2 aliphatic rings. The Morgan fingerprint density at radius 1 is 1.10 bits per heavy atom. The Hall–Kier alpha value is -2.40. The molecule has 0 radical (unpaired) electrons. The number of anilines is 2. The molecule has 0 aromatic carbocycles. The second kappa shape index (κ2) is 7.45. The van der Waals surface area contributed by atoms with Crippen LogP contribution < -0.4 is 10.6 Å². The van der Waals surface area contributed by atoms with E-state index in [0.717, 1.165) is 33.6 Å². The van der Waals surface area contributed by atoms with Crippen molar-refractivity contribution in [3.05, 3.63) is 24.7 Å². The average molecular weight is 414 g/mol. The number of pyridine rings is 1.